The minimum Gasteiger partial charge on any atom is -0.459 e. The Balaban J connectivity index is 1.75. The second-order valence-corrected chi connectivity index (χ2v) is 12.7. The third-order valence-electron chi connectivity index (χ3n) is 9.07. The van der Waals surface area contributed by atoms with Gasteiger partial charge < -0.3 is 39.0 Å². The Labute approximate surface area is 246 Å². The summed E-state index contributed by atoms with van der Waals surface area (Å²) < 4.78 is 29.5. The van der Waals surface area contributed by atoms with Gasteiger partial charge in [0.25, 0.3) is 0 Å². The van der Waals surface area contributed by atoms with Crippen LogP contribution < -0.4 is 0 Å². The predicted molar refractivity (Wildman–Crippen MR) is 155 cm³/mol. The molecule has 11 atom stereocenters. The van der Waals surface area contributed by atoms with Crippen LogP contribution in [0.5, 0.6) is 0 Å². The van der Waals surface area contributed by atoms with E-state index in [1.807, 2.05) is 39.0 Å². The second kappa shape index (κ2) is 15.4. The van der Waals surface area contributed by atoms with Gasteiger partial charge in [0, 0.05) is 27.1 Å². The highest BCUT2D eigenvalue weighted by atomic mass is 16.6. The number of carbonyl (C=O) groups is 1. The van der Waals surface area contributed by atoms with Crippen molar-refractivity contribution in [2.75, 3.05) is 14.2 Å². The zero-order chi connectivity index (χ0) is 30.2. The van der Waals surface area contributed by atoms with Gasteiger partial charge in [-0.25, -0.2) is 0 Å². The molecule has 3 aliphatic rings. The number of ether oxygens (including phenoxy) is 5. The molecule has 2 bridgehead atoms. The maximum Gasteiger partial charge on any atom is 0.311 e. The first-order chi connectivity index (χ1) is 19.4. The lowest BCUT2D eigenvalue weighted by Gasteiger charge is -2.46. The molecule has 0 spiro atoms. The van der Waals surface area contributed by atoms with Crippen LogP contribution in [0.15, 0.2) is 24.3 Å². The molecule has 236 valence electrons. The Kier molecular flexibility index (Phi) is 12.8. The van der Waals surface area contributed by atoms with Crippen LogP contribution in [0.1, 0.15) is 91.9 Å². The topological polar surface area (TPSA) is 124 Å². The van der Waals surface area contributed by atoms with E-state index in [1.165, 1.54) is 0 Å². The number of hydrogen-bond donors (Lipinski definition) is 3. The molecule has 3 N–H and O–H groups in total. The Morgan fingerprint density at radius 2 is 1.76 bits per heavy atom. The van der Waals surface area contributed by atoms with Gasteiger partial charge in [-0.3, -0.25) is 4.79 Å². The minimum absolute atomic E-state index is 0.0333. The molecule has 11 unspecified atom stereocenters. The van der Waals surface area contributed by atoms with Crippen LogP contribution in [-0.4, -0.2) is 89.6 Å². The molecule has 0 aromatic heterocycles. The molecule has 41 heavy (non-hydrogen) atoms. The third-order valence-corrected chi connectivity index (χ3v) is 9.07. The van der Waals surface area contributed by atoms with E-state index in [0.717, 1.165) is 6.42 Å². The van der Waals surface area contributed by atoms with E-state index in [2.05, 4.69) is 13.0 Å². The molecule has 9 nitrogen and oxygen atoms in total. The van der Waals surface area contributed by atoms with Gasteiger partial charge in [0.2, 0.25) is 0 Å². The van der Waals surface area contributed by atoms with Crippen molar-refractivity contribution in [2.24, 2.45) is 11.8 Å². The molecule has 0 aromatic rings. The maximum atomic E-state index is 13.3. The molecule has 0 aliphatic carbocycles. The van der Waals surface area contributed by atoms with Gasteiger partial charge >= 0.3 is 5.97 Å². The number of aliphatic hydroxyl groups is 3. The van der Waals surface area contributed by atoms with Gasteiger partial charge in [-0.1, -0.05) is 38.2 Å². The summed E-state index contributed by atoms with van der Waals surface area (Å²) in [4.78, 5) is 13.3. The number of methoxy groups -OCH3 is 2. The molecular formula is C32H54O9. The van der Waals surface area contributed by atoms with Gasteiger partial charge in [0.1, 0.15) is 23.9 Å². The van der Waals surface area contributed by atoms with E-state index in [9.17, 15) is 20.1 Å². The Hall–Kier alpha value is -1.33. The SMILES string of the molecule is CCC=CC=CCCC1(C)CC(O)C(C)CCC2CC(CC3OC(C)C(OC)C(O)C3OC)CC(O)(CC(=O)O1)O2. The molecule has 0 saturated carbocycles. The Bertz CT molecular complexity index is 877. The summed E-state index contributed by atoms with van der Waals surface area (Å²) in [6, 6.07) is 0. The van der Waals surface area contributed by atoms with E-state index in [4.69, 9.17) is 23.7 Å². The number of carbonyl (C=O) groups excluding carboxylic acids is 1. The van der Waals surface area contributed by atoms with E-state index >= 15 is 0 Å². The largest absolute Gasteiger partial charge is 0.459 e. The lowest BCUT2D eigenvalue weighted by Crippen LogP contribution is -2.58. The minimum atomic E-state index is -1.67. The van der Waals surface area contributed by atoms with Crippen LogP contribution in [0.3, 0.4) is 0 Å². The van der Waals surface area contributed by atoms with Crippen LogP contribution in [0, 0.1) is 11.8 Å². The molecule has 0 radical (unpaired) electrons. The highest BCUT2D eigenvalue weighted by molar-refractivity contribution is 5.71. The fourth-order valence-corrected chi connectivity index (χ4v) is 6.83. The zero-order valence-corrected chi connectivity index (χ0v) is 25.9. The molecular weight excluding hydrogens is 528 g/mol. The molecule has 3 saturated heterocycles. The van der Waals surface area contributed by atoms with E-state index in [1.54, 1.807) is 14.2 Å². The van der Waals surface area contributed by atoms with Crippen LogP contribution in [-0.2, 0) is 28.5 Å². The van der Waals surface area contributed by atoms with Crippen molar-refractivity contribution < 1.29 is 43.8 Å². The van der Waals surface area contributed by atoms with Crippen molar-refractivity contribution in [1.82, 2.24) is 0 Å². The average molecular weight is 583 g/mol. The lowest BCUT2D eigenvalue weighted by atomic mass is 9.79. The normalized spacial score (nSPS) is 43.0. The molecule has 0 aromatic carbocycles. The van der Waals surface area contributed by atoms with Crippen molar-refractivity contribution in [2.45, 2.75) is 146 Å². The molecule has 3 aliphatic heterocycles. The van der Waals surface area contributed by atoms with Crippen molar-refractivity contribution in [1.29, 1.82) is 0 Å². The van der Waals surface area contributed by atoms with Crippen LogP contribution in [0.2, 0.25) is 0 Å². The molecule has 3 rings (SSSR count). The fraction of sp³-hybridized carbons (Fsp3) is 0.844. The average Bonchev–Trinajstić information content (AvgIpc) is 2.88. The van der Waals surface area contributed by atoms with E-state index < -0.39 is 47.9 Å². The number of esters is 1. The van der Waals surface area contributed by atoms with Crippen LogP contribution in [0.4, 0.5) is 0 Å². The quantitative estimate of drug-likeness (QED) is 0.271. The second-order valence-electron chi connectivity index (χ2n) is 12.7. The fourth-order valence-electron chi connectivity index (χ4n) is 6.83. The number of aliphatic hydroxyl groups excluding tert-OH is 2. The summed E-state index contributed by atoms with van der Waals surface area (Å²) in [5, 5.41) is 33.6. The van der Waals surface area contributed by atoms with Crippen LogP contribution in [0.25, 0.3) is 0 Å². The van der Waals surface area contributed by atoms with Crippen LogP contribution >= 0.6 is 0 Å². The van der Waals surface area contributed by atoms with E-state index in [0.29, 0.717) is 44.9 Å². The standard InChI is InChI=1S/C32H54O9/c1-7-8-9-10-11-12-15-31(4)19-25(33)21(2)13-14-24-16-23(18-32(36,40-24)20-27(34)41-31)17-26-30(38-6)28(35)29(37-5)22(3)39-26/h8-11,21-26,28-30,33,35-36H,7,12-20H2,1-6H3. The predicted octanol–water partition coefficient (Wildman–Crippen LogP) is 4.21. The van der Waals surface area contributed by atoms with Gasteiger partial charge in [0.05, 0.1) is 30.8 Å². The first kappa shape index (κ1) is 34.2. The number of hydrogen-bond acceptors (Lipinski definition) is 9. The number of rotatable bonds is 9. The van der Waals surface area contributed by atoms with Gasteiger partial charge in [-0.15, -0.1) is 0 Å². The first-order valence-electron chi connectivity index (χ1n) is 15.4. The van der Waals surface area contributed by atoms with Gasteiger partial charge in [-0.05, 0) is 70.6 Å². The molecule has 0 amide bonds. The summed E-state index contributed by atoms with van der Waals surface area (Å²) in [6.07, 6.45) is 9.60. The molecule has 3 heterocycles. The maximum absolute atomic E-state index is 13.3. The number of fused-ring (bicyclic) bond motifs is 2. The van der Waals surface area contributed by atoms with Crippen molar-refractivity contribution in [3.63, 3.8) is 0 Å². The summed E-state index contributed by atoms with van der Waals surface area (Å²) in [6.45, 7) is 7.82. The van der Waals surface area contributed by atoms with Gasteiger partial charge in [0.15, 0.2) is 5.79 Å². The first-order valence-corrected chi connectivity index (χ1v) is 15.4. The van der Waals surface area contributed by atoms with Crippen molar-refractivity contribution in [3.8, 4) is 0 Å². The zero-order valence-electron chi connectivity index (χ0n) is 25.9. The highest BCUT2D eigenvalue weighted by Gasteiger charge is 2.48. The summed E-state index contributed by atoms with van der Waals surface area (Å²) in [5.41, 5.74) is -0.877. The summed E-state index contributed by atoms with van der Waals surface area (Å²) in [5.74, 6) is -2.29. The highest BCUT2D eigenvalue weighted by Crippen LogP contribution is 2.41. The monoisotopic (exact) mass is 582 g/mol. The van der Waals surface area contributed by atoms with Crippen molar-refractivity contribution >= 4 is 5.97 Å². The smallest absolute Gasteiger partial charge is 0.311 e. The third kappa shape index (κ3) is 9.58. The summed E-state index contributed by atoms with van der Waals surface area (Å²) >= 11 is 0. The Morgan fingerprint density at radius 3 is 2.44 bits per heavy atom. The Morgan fingerprint density at radius 1 is 1.05 bits per heavy atom. The number of allylic oxidation sites excluding steroid dienone is 4. The summed E-state index contributed by atoms with van der Waals surface area (Å²) in [7, 11) is 3.09. The number of cyclic esters (lactones) is 1. The molecule has 3 fully saturated rings. The molecule has 9 heteroatoms. The lowest BCUT2D eigenvalue weighted by molar-refractivity contribution is -0.278. The van der Waals surface area contributed by atoms with E-state index in [-0.39, 0.29) is 36.9 Å². The van der Waals surface area contributed by atoms with Crippen molar-refractivity contribution in [3.05, 3.63) is 24.3 Å². The van der Waals surface area contributed by atoms with Gasteiger partial charge in [-0.2, -0.15) is 0 Å².